The van der Waals surface area contributed by atoms with Crippen LogP contribution in [0.15, 0.2) is 12.2 Å². The van der Waals surface area contributed by atoms with Gasteiger partial charge in [-0.3, -0.25) is 13.8 Å². The van der Waals surface area contributed by atoms with Crippen LogP contribution in [-0.4, -0.2) is 97.4 Å². The lowest BCUT2D eigenvalue weighted by Gasteiger charge is -2.41. The van der Waals surface area contributed by atoms with Gasteiger partial charge in [-0.1, -0.05) is 83.3 Å². The van der Waals surface area contributed by atoms with Crippen LogP contribution in [0.2, 0.25) is 0 Å². The van der Waals surface area contributed by atoms with E-state index in [1.54, 1.807) is 0 Å². The number of ether oxygens (including phenoxy) is 1. The smallest absolute Gasteiger partial charge is 0.457 e. The van der Waals surface area contributed by atoms with E-state index in [2.05, 4.69) is 11.4 Å². The van der Waals surface area contributed by atoms with Crippen LogP contribution in [0.25, 0.3) is 0 Å². The maximum absolute atomic E-state index is 12.2. The molecule has 0 aliphatic heterocycles. The van der Waals surface area contributed by atoms with Gasteiger partial charge < -0.3 is 40.3 Å². The second-order valence-electron chi connectivity index (χ2n) is 10.4. The quantitative estimate of drug-likeness (QED) is 0.0415. The minimum absolute atomic E-state index is 0.0388. The number of phosphoric acid groups is 1. The molecule has 13 heteroatoms. The predicted octanol–water partition coefficient (Wildman–Crippen LogP) is 2.25. The van der Waals surface area contributed by atoms with E-state index in [-0.39, 0.29) is 6.42 Å². The van der Waals surface area contributed by atoms with Crippen LogP contribution in [0.1, 0.15) is 96.8 Å². The first-order valence-electron chi connectivity index (χ1n) is 14.6. The molecule has 0 radical (unpaired) electrons. The Morgan fingerprint density at radius 3 is 1.77 bits per heavy atom. The van der Waals surface area contributed by atoms with E-state index in [9.17, 15) is 44.9 Å². The second-order valence-corrected chi connectivity index (χ2v) is 11.8. The van der Waals surface area contributed by atoms with Crippen molar-refractivity contribution in [2.45, 2.75) is 140 Å². The molecule has 1 rings (SSSR count). The van der Waals surface area contributed by atoms with Gasteiger partial charge in [-0.15, -0.1) is 0 Å². The molecule has 1 saturated carbocycles. The maximum atomic E-state index is 12.2. The van der Waals surface area contributed by atoms with Crippen molar-refractivity contribution in [3.8, 4) is 0 Å². The van der Waals surface area contributed by atoms with Gasteiger partial charge in [-0.05, 0) is 19.3 Å². The SMILES string of the molecule is CCCCCCCCCCCCC/C=C\CCC(=O)OC(CO)COP(=O)(O)OC1[C@H](O)[C@H](O)C(O)[C@H](O)[C@H]1O. The molecule has 0 aromatic carbocycles. The molecule has 0 amide bonds. The summed E-state index contributed by atoms with van der Waals surface area (Å²) < 4.78 is 26.7. The van der Waals surface area contributed by atoms with Gasteiger partial charge in [0.25, 0.3) is 0 Å². The number of phosphoric ester groups is 1. The largest absolute Gasteiger partial charge is 0.472 e. The number of esters is 1. The zero-order chi connectivity index (χ0) is 30.0. The van der Waals surface area contributed by atoms with E-state index in [1.165, 1.54) is 64.2 Å². The number of aliphatic hydroxyl groups is 6. The first-order chi connectivity index (χ1) is 19.0. The molecule has 12 nitrogen and oxygen atoms in total. The number of aliphatic hydroxyl groups excluding tert-OH is 6. The molecular formula is C27H51O12P. The van der Waals surface area contributed by atoms with Gasteiger partial charge in [0.15, 0.2) is 0 Å². The Labute approximate surface area is 237 Å². The van der Waals surface area contributed by atoms with Crippen LogP contribution < -0.4 is 0 Å². The molecule has 0 saturated heterocycles. The number of carbonyl (C=O) groups excluding carboxylic acids is 1. The molecule has 40 heavy (non-hydrogen) atoms. The summed E-state index contributed by atoms with van der Waals surface area (Å²) in [6.45, 7) is 0.780. The molecule has 4 unspecified atom stereocenters. The third-order valence-corrected chi connectivity index (χ3v) is 7.89. The van der Waals surface area contributed by atoms with Crippen molar-refractivity contribution in [1.82, 2.24) is 0 Å². The topological polar surface area (TPSA) is 203 Å². The predicted molar refractivity (Wildman–Crippen MR) is 147 cm³/mol. The fraction of sp³-hybridized carbons (Fsp3) is 0.889. The lowest BCUT2D eigenvalue weighted by Crippen LogP contribution is -2.64. The van der Waals surface area contributed by atoms with E-state index in [1.807, 2.05) is 12.2 Å². The zero-order valence-corrected chi connectivity index (χ0v) is 24.5. The summed E-state index contributed by atoms with van der Waals surface area (Å²) in [6, 6.07) is 0. The van der Waals surface area contributed by atoms with Crippen LogP contribution in [0.5, 0.6) is 0 Å². The molecule has 0 bridgehead atoms. The Kier molecular flexibility index (Phi) is 19.4. The molecule has 1 aliphatic rings. The van der Waals surface area contributed by atoms with Crippen LogP contribution in [0.3, 0.4) is 0 Å². The van der Waals surface area contributed by atoms with E-state index < -0.39 is 69.7 Å². The molecule has 7 N–H and O–H groups in total. The molecule has 0 spiro atoms. The highest BCUT2D eigenvalue weighted by atomic mass is 31.2. The fourth-order valence-corrected chi connectivity index (χ4v) is 5.39. The van der Waals surface area contributed by atoms with Crippen LogP contribution in [0, 0.1) is 0 Å². The van der Waals surface area contributed by atoms with E-state index in [0.29, 0.717) is 6.42 Å². The summed E-state index contributed by atoms with van der Waals surface area (Å²) in [6.07, 6.45) is 6.33. The van der Waals surface area contributed by atoms with Gasteiger partial charge in [0.05, 0.1) is 13.2 Å². The summed E-state index contributed by atoms with van der Waals surface area (Å²) in [7, 11) is -5.01. The Balaban J connectivity index is 2.20. The van der Waals surface area contributed by atoms with Crippen molar-refractivity contribution < 1.29 is 58.7 Å². The molecule has 0 heterocycles. The van der Waals surface area contributed by atoms with Gasteiger partial charge in [-0.25, -0.2) is 4.57 Å². The number of allylic oxidation sites excluding steroid dienone is 2. The molecule has 0 aromatic rings. The van der Waals surface area contributed by atoms with Crippen molar-refractivity contribution >= 4 is 13.8 Å². The number of carbonyl (C=O) groups is 1. The van der Waals surface area contributed by atoms with Crippen molar-refractivity contribution in [2.75, 3.05) is 13.2 Å². The van der Waals surface area contributed by atoms with Crippen molar-refractivity contribution in [1.29, 1.82) is 0 Å². The normalized spacial score (nSPS) is 27.5. The summed E-state index contributed by atoms with van der Waals surface area (Å²) in [5.74, 6) is -0.644. The van der Waals surface area contributed by atoms with Gasteiger partial charge in [0, 0.05) is 6.42 Å². The van der Waals surface area contributed by atoms with Crippen molar-refractivity contribution in [3.63, 3.8) is 0 Å². The van der Waals surface area contributed by atoms with E-state index in [0.717, 1.165) is 12.8 Å². The monoisotopic (exact) mass is 598 g/mol. The summed E-state index contributed by atoms with van der Waals surface area (Å²) in [5.41, 5.74) is 0. The molecular weight excluding hydrogens is 547 g/mol. The van der Waals surface area contributed by atoms with Crippen molar-refractivity contribution in [2.24, 2.45) is 0 Å². The molecule has 236 valence electrons. The third-order valence-electron chi connectivity index (χ3n) is 6.91. The molecule has 1 aliphatic carbocycles. The Hall–Kier alpha value is -0.920. The average molecular weight is 599 g/mol. The average Bonchev–Trinajstić information content (AvgIpc) is 2.93. The number of rotatable bonds is 22. The minimum atomic E-state index is -5.01. The summed E-state index contributed by atoms with van der Waals surface area (Å²) in [4.78, 5) is 21.9. The Morgan fingerprint density at radius 2 is 1.25 bits per heavy atom. The highest BCUT2D eigenvalue weighted by Crippen LogP contribution is 2.47. The number of hydrogen-bond donors (Lipinski definition) is 7. The van der Waals surface area contributed by atoms with Gasteiger partial charge >= 0.3 is 13.8 Å². The Bertz CT molecular complexity index is 735. The highest BCUT2D eigenvalue weighted by Gasteiger charge is 2.51. The van der Waals surface area contributed by atoms with Crippen LogP contribution >= 0.6 is 7.82 Å². The van der Waals surface area contributed by atoms with E-state index >= 15 is 0 Å². The summed E-state index contributed by atoms with van der Waals surface area (Å²) in [5, 5.41) is 58.2. The van der Waals surface area contributed by atoms with Crippen LogP contribution in [0.4, 0.5) is 0 Å². The lowest BCUT2D eigenvalue weighted by molar-refractivity contribution is -0.220. The standard InChI is InChI=1S/C27H51O12P/c1-2-3-4-5-6-7-8-9-10-11-12-13-14-15-16-17-21(29)38-20(18-28)19-37-40(35,36)39-27-25(33)23(31)22(30)24(32)26(27)34/h14-15,20,22-28,30-34H,2-13,16-19H2,1H3,(H,35,36)/b15-14-/t20?,22?,23-,24+,25-,26-,27?/m1/s1. The minimum Gasteiger partial charge on any atom is -0.457 e. The maximum Gasteiger partial charge on any atom is 0.472 e. The molecule has 0 aromatic heterocycles. The van der Waals surface area contributed by atoms with Crippen LogP contribution in [-0.2, 0) is 23.1 Å². The van der Waals surface area contributed by atoms with Crippen molar-refractivity contribution in [3.05, 3.63) is 12.2 Å². The number of hydrogen-bond acceptors (Lipinski definition) is 11. The molecule has 1 fully saturated rings. The fourth-order valence-electron chi connectivity index (χ4n) is 4.42. The number of unbranched alkanes of at least 4 members (excludes halogenated alkanes) is 11. The van der Waals surface area contributed by atoms with Gasteiger partial charge in [0.1, 0.15) is 42.7 Å². The van der Waals surface area contributed by atoms with Gasteiger partial charge in [0.2, 0.25) is 0 Å². The van der Waals surface area contributed by atoms with Gasteiger partial charge in [-0.2, -0.15) is 0 Å². The summed E-state index contributed by atoms with van der Waals surface area (Å²) >= 11 is 0. The zero-order valence-electron chi connectivity index (χ0n) is 23.6. The second kappa shape index (κ2) is 20.9. The first-order valence-corrected chi connectivity index (χ1v) is 16.0. The van der Waals surface area contributed by atoms with E-state index in [4.69, 9.17) is 9.26 Å². The Morgan fingerprint density at radius 1 is 0.775 bits per heavy atom. The highest BCUT2D eigenvalue weighted by molar-refractivity contribution is 7.47. The first kappa shape index (κ1) is 37.1. The molecule has 8 atom stereocenters. The third kappa shape index (κ3) is 14.8. The lowest BCUT2D eigenvalue weighted by atomic mass is 9.85.